The highest BCUT2D eigenvalue weighted by Gasteiger charge is 2.13. The molecule has 2 aromatic rings. The van der Waals surface area contributed by atoms with Gasteiger partial charge in [-0.2, -0.15) is 0 Å². The highest BCUT2D eigenvalue weighted by atomic mass is 35.5. The number of aryl methyl sites for hydroxylation is 1. The molecule has 0 aliphatic rings. The number of halogens is 1. The lowest BCUT2D eigenvalue weighted by Gasteiger charge is -2.15. The van der Waals surface area contributed by atoms with Crippen molar-refractivity contribution in [1.82, 2.24) is 4.98 Å². The van der Waals surface area contributed by atoms with Crippen LogP contribution in [0.15, 0.2) is 42.7 Å². The summed E-state index contributed by atoms with van der Waals surface area (Å²) in [6.45, 7) is 2.06. The highest BCUT2D eigenvalue weighted by molar-refractivity contribution is 6.31. The highest BCUT2D eigenvalue weighted by Crippen LogP contribution is 2.25. The Bertz CT molecular complexity index is 527. The molecule has 2 nitrogen and oxygen atoms in total. The summed E-state index contributed by atoms with van der Waals surface area (Å²) in [5, 5.41) is 11.0. The van der Waals surface area contributed by atoms with Crippen LogP contribution in [0.3, 0.4) is 0 Å². The van der Waals surface area contributed by atoms with Gasteiger partial charge in [0.2, 0.25) is 0 Å². The summed E-state index contributed by atoms with van der Waals surface area (Å²) in [6, 6.07) is 9.49. The van der Waals surface area contributed by atoms with Crippen LogP contribution < -0.4 is 0 Å². The quantitative estimate of drug-likeness (QED) is 0.913. The minimum atomic E-state index is -0.539. The molecule has 0 radical (unpaired) electrons. The normalized spacial score (nSPS) is 12.4. The number of hydrogen-bond acceptors (Lipinski definition) is 2. The van der Waals surface area contributed by atoms with Crippen LogP contribution in [0.2, 0.25) is 5.02 Å². The Hall–Kier alpha value is -1.38. The largest absolute Gasteiger partial charge is 0.388 e. The van der Waals surface area contributed by atoms with Crippen LogP contribution >= 0.6 is 11.6 Å². The molecule has 0 bridgehead atoms. The van der Waals surface area contributed by atoms with Gasteiger partial charge in [-0.3, -0.25) is 4.98 Å². The van der Waals surface area contributed by atoms with E-state index in [4.69, 9.17) is 11.6 Å². The molecule has 2 rings (SSSR count). The zero-order valence-corrected chi connectivity index (χ0v) is 11.1. The molecule has 0 spiro atoms. The number of hydrogen-bond donors (Lipinski definition) is 1. The van der Waals surface area contributed by atoms with Gasteiger partial charge in [0.1, 0.15) is 0 Å². The second-order valence-electron chi connectivity index (χ2n) is 4.24. The first-order chi connectivity index (χ1) is 8.72. The number of aliphatic hydroxyl groups is 1. The third-order valence-electron chi connectivity index (χ3n) is 3.05. The van der Waals surface area contributed by atoms with Crippen molar-refractivity contribution in [3.05, 3.63) is 64.4 Å². The van der Waals surface area contributed by atoms with Gasteiger partial charge in [0.15, 0.2) is 0 Å². The lowest BCUT2D eigenvalue weighted by atomic mass is 9.97. The molecular formula is C15H16ClNO. The molecule has 3 heteroatoms. The van der Waals surface area contributed by atoms with Crippen molar-refractivity contribution >= 4 is 11.6 Å². The van der Waals surface area contributed by atoms with Gasteiger partial charge in [0, 0.05) is 23.8 Å². The summed E-state index contributed by atoms with van der Waals surface area (Å²) in [7, 11) is 0. The van der Waals surface area contributed by atoms with Gasteiger partial charge in [-0.1, -0.05) is 36.7 Å². The molecule has 1 heterocycles. The molecular weight excluding hydrogens is 246 g/mol. The Morgan fingerprint density at radius 3 is 2.72 bits per heavy atom. The standard InChI is InChI=1S/C15H16ClNO/c1-2-11-10-17-8-7-13(11)15(18)9-12-5-3-4-6-14(12)16/h3-8,10,15,18H,2,9H2,1H3. The molecule has 1 atom stereocenters. The van der Waals surface area contributed by atoms with Crippen molar-refractivity contribution in [3.63, 3.8) is 0 Å². The molecule has 0 saturated heterocycles. The van der Waals surface area contributed by atoms with E-state index in [9.17, 15) is 5.11 Å². The number of benzene rings is 1. The fourth-order valence-corrected chi connectivity index (χ4v) is 2.25. The van der Waals surface area contributed by atoms with Gasteiger partial charge in [-0.05, 0) is 35.2 Å². The lowest BCUT2D eigenvalue weighted by Crippen LogP contribution is -2.06. The van der Waals surface area contributed by atoms with E-state index in [2.05, 4.69) is 11.9 Å². The molecule has 1 unspecified atom stereocenters. The zero-order valence-electron chi connectivity index (χ0n) is 10.3. The smallest absolute Gasteiger partial charge is 0.0834 e. The number of pyridine rings is 1. The van der Waals surface area contributed by atoms with Crippen LogP contribution in [-0.4, -0.2) is 10.1 Å². The lowest BCUT2D eigenvalue weighted by molar-refractivity contribution is 0.177. The minimum absolute atomic E-state index is 0.524. The van der Waals surface area contributed by atoms with Gasteiger partial charge < -0.3 is 5.11 Å². The van der Waals surface area contributed by atoms with Crippen LogP contribution in [-0.2, 0) is 12.8 Å². The number of nitrogens with zero attached hydrogens (tertiary/aromatic N) is 1. The average molecular weight is 262 g/mol. The minimum Gasteiger partial charge on any atom is -0.388 e. The van der Waals surface area contributed by atoms with Crippen molar-refractivity contribution < 1.29 is 5.11 Å². The van der Waals surface area contributed by atoms with E-state index in [0.29, 0.717) is 11.4 Å². The maximum absolute atomic E-state index is 10.3. The fourth-order valence-electron chi connectivity index (χ4n) is 2.04. The second-order valence-corrected chi connectivity index (χ2v) is 4.65. The van der Waals surface area contributed by atoms with Crippen LogP contribution in [0.5, 0.6) is 0 Å². The van der Waals surface area contributed by atoms with E-state index in [-0.39, 0.29) is 0 Å². The van der Waals surface area contributed by atoms with Gasteiger partial charge in [0.25, 0.3) is 0 Å². The van der Waals surface area contributed by atoms with Crippen LogP contribution in [0.4, 0.5) is 0 Å². The Morgan fingerprint density at radius 2 is 2.00 bits per heavy atom. The molecule has 0 saturated carbocycles. The second kappa shape index (κ2) is 5.98. The van der Waals surface area contributed by atoms with Crippen LogP contribution in [0.1, 0.15) is 29.7 Å². The molecule has 1 aromatic carbocycles. The fraction of sp³-hybridized carbons (Fsp3) is 0.267. The summed E-state index contributed by atoms with van der Waals surface area (Å²) in [4.78, 5) is 4.09. The molecule has 1 N–H and O–H groups in total. The maximum atomic E-state index is 10.3. The topological polar surface area (TPSA) is 33.1 Å². The third kappa shape index (κ3) is 2.89. The van der Waals surface area contributed by atoms with Crippen molar-refractivity contribution in [1.29, 1.82) is 0 Å². The summed E-state index contributed by atoms with van der Waals surface area (Å²) < 4.78 is 0. The number of aromatic nitrogens is 1. The van der Waals surface area contributed by atoms with Crippen molar-refractivity contribution in [2.24, 2.45) is 0 Å². The molecule has 0 fully saturated rings. The summed E-state index contributed by atoms with van der Waals surface area (Å²) >= 11 is 6.11. The van der Waals surface area contributed by atoms with Crippen LogP contribution in [0.25, 0.3) is 0 Å². The van der Waals surface area contributed by atoms with Crippen molar-refractivity contribution in [2.75, 3.05) is 0 Å². The third-order valence-corrected chi connectivity index (χ3v) is 3.42. The van der Waals surface area contributed by atoms with E-state index in [1.54, 1.807) is 6.20 Å². The molecule has 94 valence electrons. The monoisotopic (exact) mass is 261 g/mol. The summed E-state index contributed by atoms with van der Waals surface area (Å²) in [5.41, 5.74) is 2.98. The van der Waals surface area contributed by atoms with Gasteiger partial charge in [0.05, 0.1) is 6.10 Å². The zero-order chi connectivity index (χ0) is 13.0. The van der Waals surface area contributed by atoms with E-state index in [0.717, 1.165) is 23.1 Å². The first-order valence-electron chi connectivity index (χ1n) is 6.06. The van der Waals surface area contributed by atoms with Crippen LogP contribution in [0, 0.1) is 0 Å². The summed E-state index contributed by atoms with van der Waals surface area (Å²) in [5.74, 6) is 0. The molecule has 0 aliphatic carbocycles. The Morgan fingerprint density at radius 1 is 1.22 bits per heavy atom. The first-order valence-corrected chi connectivity index (χ1v) is 6.44. The number of rotatable bonds is 4. The average Bonchev–Trinajstić information content (AvgIpc) is 2.41. The van der Waals surface area contributed by atoms with Gasteiger partial charge >= 0.3 is 0 Å². The van der Waals surface area contributed by atoms with E-state index in [1.165, 1.54) is 0 Å². The Labute approximate surface area is 112 Å². The predicted octanol–water partition coefficient (Wildman–Crippen LogP) is 3.57. The molecule has 1 aromatic heterocycles. The summed E-state index contributed by atoms with van der Waals surface area (Å²) in [6.07, 6.45) is 4.37. The maximum Gasteiger partial charge on any atom is 0.0834 e. The Balaban J connectivity index is 2.22. The molecule has 0 amide bonds. The van der Waals surface area contributed by atoms with E-state index < -0.39 is 6.10 Å². The molecule has 0 aliphatic heterocycles. The Kier molecular flexibility index (Phi) is 4.34. The van der Waals surface area contributed by atoms with Gasteiger partial charge in [-0.15, -0.1) is 0 Å². The van der Waals surface area contributed by atoms with Gasteiger partial charge in [-0.25, -0.2) is 0 Å². The van der Waals surface area contributed by atoms with Crippen molar-refractivity contribution in [2.45, 2.75) is 25.9 Å². The SMILES string of the molecule is CCc1cnccc1C(O)Cc1ccccc1Cl. The van der Waals surface area contributed by atoms with E-state index >= 15 is 0 Å². The molecule has 18 heavy (non-hydrogen) atoms. The number of aliphatic hydroxyl groups excluding tert-OH is 1. The van der Waals surface area contributed by atoms with E-state index in [1.807, 2.05) is 36.5 Å². The van der Waals surface area contributed by atoms with Crippen molar-refractivity contribution in [3.8, 4) is 0 Å². The first kappa shape index (κ1) is 13.1. The predicted molar refractivity (Wildman–Crippen MR) is 73.7 cm³/mol.